The first-order chi connectivity index (χ1) is 25.0. The quantitative estimate of drug-likeness (QED) is 0.0201. The molecule has 0 saturated carbocycles. The molecular formula is C42H80NO8P. The summed E-state index contributed by atoms with van der Waals surface area (Å²) in [5.74, 6) is -0.846. The van der Waals surface area contributed by atoms with Crippen molar-refractivity contribution in [3.63, 3.8) is 0 Å². The smallest absolute Gasteiger partial charge is 0.306 e. The van der Waals surface area contributed by atoms with Gasteiger partial charge in [-0.1, -0.05) is 147 Å². The number of likely N-dealkylation sites (N-methyl/N-ethyl adjacent to an activating group) is 1. The number of carbonyl (C=O) groups is 2. The molecule has 0 aliphatic heterocycles. The third-order valence-corrected chi connectivity index (χ3v) is 9.94. The molecule has 0 rings (SSSR count). The van der Waals surface area contributed by atoms with Crippen LogP contribution in [-0.2, 0) is 32.7 Å². The molecule has 2 unspecified atom stereocenters. The number of phosphoric ester groups is 1. The second kappa shape index (κ2) is 35.2. The molecule has 10 heteroatoms. The van der Waals surface area contributed by atoms with Gasteiger partial charge < -0.3 is 27.9 Å². The van der Waals surface area contributed by atoms with Crippen molar-refractivity contribution in [2.75, 3.05) is 47.5 Å². The van der Waals surface area contributed by atoms with E-state index in [1.165, 1.54) is 89.9 Å². The van der Waals surface area contributed by atoms with Gasteiger partial charge in [0.15, 0.2) is 6.10 Å². The third-order valence-electron chi connectivity index (χ3n) is 8.97. The zero-order chi connectivity index (χ0) is 38.6. The fraction of sp³-hybridized carbons (Fsp3) is 0.857. The summed E-state index contributed by atoms with van der Waals surface area (Å²) >= 11 is 0. The van der Waals surface area contributed by atoms with Crippen molar-refractivity contribution in [3.05, 3.63) is 24.3 Å². The molecule has 0 spiro atoms. The lowest BCUT2D eigenvalue weighted by Crippen LogP contribution is -2.37. The van der Waals surface area contributed by atoms with Crippen LogP contribution < -0.4 is 4.89 Å². The first-order valence-electron chi connectivity index (χ1n) is 21.0. The molecule has 0 aliphatic rings. The van der Waals surface area contributed by atoms with Gasteiger partial charge in [0.25, 0.3) is 7.82 Å². The molecule has 0 aromatic carbocycles. The van der Waals surface area contributed by atoms with Gasteiger partial charge in [-0.15, -0.1) is 0 Å². The van der Waals surface area contributed by atoms with Gasteiger partial charge in [-0.05, 0) is 44.9 Å². The first-order valence-corrected chi connectivity index (χ1v) is 22.5. The molecule has 52 heavy (non-hydrogen) atoms. The standard InChI is InChI=1S/C42H80NO8P/c1-6-8-10-12-14-16-18-20-21-23-25-27-29-31-33-35-42(45)51-40(39-50-52(46,47)49-37-36-43(3,4)5)38-48-41(44)34-32-30-28-26-24-22-19-17-15-13-11-9-7-2/h14,16,20-21,40H,6-13,15,17-19,22-39H2,1-5H3/b16-14-,21-20-. The maximum Gasteiger partial charge on any atom is 0.306 e. The molecule has 0 radical (unpaired) electrons. The van der Waals surface area contributed by atoms with E-state index in [-0.39, 0.29) is 32.0 Å². The topological polar surface area (TPSA) is 111 Å². The molecule has 0 aromatic rings. The Morgan fingerprint density at radius 1 is 0.596 bits per heavy atom. The predicted octanol–water partition coefficient (Wildman–Crippen LogP) is 10.9. The fourth-order valence-electron chi connectivity index (χ4n) is 5.63. The summed E-state index contributed by atoms with van der Waals surface area (Å²) in [6, 6.07) is 0. The van der Waals surface area contributed by atoms with Crippen molar-refractivity contribution >= 4 is 19.8 Å². The number of allylic oxidation sites excluding steroid dienone is 4. The van der Waals surface area contributed by atoms with Crippen LogP contribution in [0.5, 0.6) is 0 Å². The van der Waals surface area contributed by atoms with Gasteiger partial charge in [0.05, 0.1) is 27.7 Å². The van der Waals surface area contributed by atoms with Crippen LogP contribution in [0.1, 0.15) is 181 Å². The summed E-state index contributed by atoms with van der Waals surface area (Å²) < 4.78 is 33.8. The van der Waals surface area contributed by atoms with Gasteiger partial charge in [-0.3, -0.25) is 14.2 Å². The first kappa shape index (κ1) is 50.5. The van der Waals surface area contributed by atoms with Crippen LogP contribution in [0, 0.1) is 0 Å². The van der Waals surface area contributed by atoms with Crippen LogP contribution in [-0.4, -0.2) is 70.0 Å². The Morgan fingerprint density at radius 2 is 1.04 bits per heavy atom. The number of rotatable bonds is 38. The van der Waals surface area contributed by atoms with E-state index in [4.69, 9.17) is 18.5 Å². The molecule has 306 valence electrons. The summed E-state index contributed by atoms with van der Waals surface area (Å²) in [7, 11) is 1.16. The number of esters is 2. The molecular weight excluding hydrogens is 677 g/mol. The van der Waals surface area contributed by atoms with Gasteiger partial charge in [0.2, 0.25) is 0 Å². The number of quaternary nitrogens is 1. The SMILES string of the molecule is CCCCC/C=C\C/C=C\CCCCCCCC(=O)OC(COC(=O)CCCCCCCCCCCCCCC)COP(=O)([O-])OCC[N+](C)(C)C. The monoisotopic (exact) mass is 758 g/mol. The van der Waals surface area contributed by atoms with E-state index < -0.39 is 26.5 Å². The number of carbonyl (C=O) groups excluding carboxylic acids is 2. The molecule has 0 aliphatic carbocycles. The van der Waals surface area contributed by atoms with E-state index in [2.05, 4.69) is 38.2 Å². The van der Waals surface area contributed by atoms with E-state index in [9.17, 15) is 19.0 Å². The maximum atomic E-state index is 12.6. The summed E-state index contributed by atoms with van der Waals surface area (Å²) in [4.78, 5) is 37.4. The van der Waals surface area contributed by atoms with Gasteiger partial charge >= 0.3 is 11.9 Å². The Bertz CT molecular complexity index is 949. The van der Waals surface area contributed by atoms with Crippen LogP contribution in [0.2, 0.25) is 0 Å². The predicted molar refractivity (Wildman–Crippen MR) is 213 cm³/mol. The van der Waals surface area contributed by atoms with E-state index >= 15 is 0 Å². The molecule has 0 N–H and O–H groups in total. The summed E-state index contributed by atoms with van der Waals surface area (Å²) in [5, 5.41) is 0. The molecule has 0 saturated heterocycles. The van der Waals surface area contributed by atoms with Crippen LogP contribution in [0.4, 0.5) is 0 Å². The highest BCUT2D eigenvalue weighted by atomic mass is 31.2. The molecule has 0 bridgehead atoms. The van der Waals surface area contributed by atoms with Crippen molar-refractivity contribution in [3.8, 4) is 0 Å². The number of hydrogen-bond donors (Lipinski definition) is 0. The summed E-state index contributed by atoms with van der Waals surface area (Å²) in [5.41, 5.74) is 0. The van der Waals surface area contributed by atoms with E-state index in [0.717, 1.165) is 57.8 Å². The van der Waals surface area contributed by atoms with Crippen molar-refractivity contribution in [2.24, 2.45) is 0 Å². The lowest BCUT2D eigenvalue weighted by molar-refractivity contribution is -0.870. The largest absolute Gasteiger partial charge is 0.756 e. The van der Waals surface area contributed by atoms with E-state index in [1.807, 2.05) is 21.1 Å². The van der Waals surface area contributed by atoms with Crippen LogP contribution in [0.15, 0.2) is 24.3 Å². The van der Waals surface area contributed by atoms with Gasteiger partial charge in [0, 0.05) is 12.8 Å². The molecule has 9 nitrogen and oxygen atoms in total. The lowest BCUT2D eigenvalue weighted by Gasteiger charge is -2.28. The number of ether oxygens (including phenoxy) is 2. The summed E-state index contributed by atoms with van der Waals surface area (Å²) in [6.45, 7) is 4.18. The van der Waals surface area contributed by atoms with Crippen molar-refractivity contribution < 1.29 is 42.1 Å². The van der Waals surface area contributed by atoms with Gasteiger partial charge in [-0.25, -0.2) is 0 Å². The fourth-order valence-corrected chi connectivity index (χ4v) is 6.35. The van der Waals surface area contributed by atoms with E-state index in [0.29, 0.717) is 17.4 Å². The number of nitrogens with zero attached hydrogens (tertiary/aromatic N) is 1. The molecule has 0 aromatic heterocycles. The average molecular weight is 758 g/mol. The van der Waals surface area contributed by atoms with Crippen molar-refractivity contribution in [1.29, 1.82) is 0 Å². The zero-order valence-electron chi connectivity index (χ0n) is 34.3. The highest BCUT2D eigenvalue weighted by molar-refractivity contribution is 7.45. The van der Waals surface area contributed by atoms with Crippen molar-refractivity contribution in [1.82, 2.24) is 0 Å². The number of hydrogen-bond acceptors (Lipinski definition) is 8. The zero-order valence-corrected chi connectivity index (χ0v) is 35.2. The minimum absolute atomic E-state index is 0.0321. The van der Waals surface area contributed by atoms with Crippen molar-refractivity contribution in [2.45, 2.75) is 187 Å². The van der Waals surface area contributed by atoms with Crippen LogP contribution >= 0.6 is 7.82 Å². The second-order valence-corrected chi connectivity index (χ2v) is 16.8. The molecule has 2 atom stereocenters. The Kier molecular flexibility index (Phi) is 34.2. The Hall–Kier alpha value is -1.51. The van der Waals surface area contributed by atoms with Gasteiger partial charge in [-0.2, -0.15) is 0 Å². The second-order valence-electron chi connectivity index (χ2n) is 15.4. The number of phosphoric acid groups is 1. The summed E-state index contributed by atoms with van der Waals surface area (Å²) in [6.07, 6.45) is 36.2. The Balaban J connectivity index is 4.41. The highest BCUT2D eigenvalue weighted by Gasteiger charge is 2.21. The molecule has 0 fully saturated rings. The van der Waals surface area contributed by atoms with Crippen LogP contribution in [0.3, 0.4) is 0 Å². The maximum absolute atomic E-state index is 12.6. The van der Waals surface area contributed by atoms with Crippen LogP contribution in [0.25, 0.3) is 0 Å². The normalized spacial score (nSPS) is 13.9. The highest BCUT2D eigenvalue weighted by Crippen LogP contribution is 2.38. The Labute approximate surface area is 319 Å². The average Bonchev–Trinajstić information content (AvgIpc) is 3.09. The molecule has 0 amide bonds. The number of unbranched alkanes of at least 4 members (excludes halogenated alkanes) is 20. The third kappa shape index (κ3) is 38.2. The molecule has 0 heterocycles. The minimum Gasteiger partial charge on any atom is -0.756 e. The van der Waals surface area contributed by atoms with Gasteiger partial charge in [0.1, 0.15) is 19.8 Å². The minimum atomic E-state index is -4.62. The van der Waals surface area contributed by atoms with E-state index in [1.54, 1.807) is 0 Å². The Morgan fingerprint density at radius 3 is 1.56 bits per heavy atom. The lowest BCUT2D eigenvalue weighted by atomic mass is 10.0.